The van der Waals surface area contributed by atoms with Gasteiger partial charge in [0.15, 0.2) is 0 Å². The number of esters is 1. The van der Waals surface area contributed by atoms with Crippen LogP contribution < -0.4 is 0 Å². The Labute approximate surface area is 101 Å². The van der Waals surface area contributed by atoms with Crippen molar-refractivity contribution in [3.05, 3.63) is 42.2 Å². The smallest absolute Gasteiger partial charge is 0.305 e. The first-order valence-corrected chi connectivity index (χ1v) is 6.02. The summed E-state index contributed by atoms with van der Waals surface area (Å²) in [5.74, 6) is -0.103. The number of pyridine rings is 1. The summed E-state index contributed by atoms with van der Waals surface area (Å²) >= 11 is 0. The van der Waals surface area contributed by atoms with Crippen LogP contribution in [-0.2, 0) is 16.0 Å². The first-order valence-electron chi connectivity index (χ1n) is 6.02. The van der Waals surface area contributed by atoms with E-state index in [2.05, 4.69) is 28.8 Å². The number of carbonyl (C=O) groups is 1. The van der Waals surface area contributed by atoms with E-state index in [-0.39, 0.29) is 5.97 Å². The van der Waals surface area contributed by atoms with Crippen LogP contribution in [0.25, 0.3) is 5.52 Å². The average molecular weight is 231 g/mol. The molecule has 17 heavy (non-hydrogen) atoms. The molecule has 3 nitrogen and oxygen atoms in total. The van der Waals surface area contributed by atoms with Crippen molar-refractivity contribution in [3.8, 4) is 0 Å². The third-order valence-corrected chi connectivity index (χ3v) is 2.77. The second kappa shape index (κ2) is 5.53. The van der Waals surface area contributed by atoms with Gasteiger partial charge in [0.1, 0.15) is 0 Å². The normalized spacial score (nSPS) is 10.6. The molecular formula is C14H17NO2. The van der Waals surface area contributed by atoms with E-state index in [0.717, 1.165) is 12.8 Å². The fourth-order valence-corrected chi connectivity index (χ4v) is 1.97. The molecule has 90 valence electrons. The van der Waals surface area contributed by atoms with Gasteiger partial charge in [-0.2, -0.15) is 0 Å². The zero-order chi connectivity index (χ0) is 12.1. The van der Waals surface area contributed by atoms with E-state index in [1.165, 1.54) is 11.2 Å². The largest absolute Gasteiger partial charge is 0.466 e. The summed E-state index contributed by atoms with van der Waals surface area (Å²) in [4.78, 5) is 11.2. The van der Waals surface area contributed by atoms with Crippen LogP contribution in [0.3, 0.4) is 0 Å². The minimum atomic E-state index is -0.103. The third kappa shape index (κ3) is 2.87. The van der Waals surface area contributed by atoms with E-state index < -0.39 is 0 Å². The monoisotopic (exact) mass is 231 g/mol. The molecule has 2 aromatic rings. The van der Waals surface area contributed by atoms with Gasteiger partial charge in [-0.25, -0.2) is 0 Å². The van der Waals surface area contributed by atoms with Crippen molar-refractivity contribution in [2.24, 2.45) is 0 Å². The van der Waals surface area contributed by atoms with Crippen molar-refractivity contribution < 1.29 is 9.53 Å². The van der Waals surface area contributed by atoms with Crippen molar-refractivity contribution in [3.63, 3.8) is 0 Å². The molecule has 0 N–H and O–H groups in total. The summed E-state index contributed by atoms with van der Waals surface area (Å²) in [7, 11) is 0. The Kier molecular flexibility index (Phi) is 3.81. The number of aryl methyl sites for hydroxylation is 1. The highest BCUT2D eigenvalue weighted by Gasteiger charge is 2.04. The van der Waals surface area contributed by atoms with Crippen LogP contribution in [0.1, 0.15) is 25.5 Å². The van der Waals surface area contributed by atoms with Crippen LogP contribution >= 0.6 is 0 Å². The molecule has 0 aliphatic rings. The summed E-state index contributed by atoms with van der Waals surface area (Å²) in [5, 5.41) is 0. The molecule has 0 amide bonds. The summed E-state index contributed by atoms with van der Waals surface area (Å²) in [6, 6.07) is 10.3. The Balaban J connectivity index is 1.93. The van der Waals surface area contributed by atoms with Gasteiger partial charge in [-0.1, -0.05) is 6.07 Å². The molecule has 2 aromatic heterocycles. The predicted molar refractivity (Wildman–Crippen MR) is 67.0 cm³/mol. The fraction of sp³-hybridized carbons (Fsp3) is 0.357. The van der Waals surface area contributed by atoms with Crippen molar-refractivity contribution >= 4 is 11.5 Å². The quantitative estimate of drug-likeness (QED) is 0.741. The Morgan fingerprint density at radius 1 is 1.29 bits per heavy atom. The minimum absolute atomic E-state index is 0.103. The number of carbonyl (C=O) groups excluding carboxylic acids is 1. The lowest BCUT2D eigenvalue weighted by molar-refractivity contribution is -0.143. The van der Waals surface area contributed by atoms with E-state index in [1.807, 2.05) is 19.1 Å². The third-order valence-electron chi connectivity index (χ3n) is 2.77. The number of hydrogen-bond donors (Lipinski definition) is 0. The Morgan fingerprint density at radius 3 is 3.00 bits per heavy atom. The zero-order valence-electron chi connectivity index (χ0n) is 10.1. The van der Waals surface area contributed by atoms with E-state index in [4.69, 9.17) is 4.74 Å². The molecular weight excluding hydrogens is 214 g/mol. The van der Waals surface area contributed by atoms with Crippen molar-refractivity contribution in [2.75, 3.05) is 6.61 Å². The summed E-state index contributed by atoms with van der Waals surface area (Å²) in [6.45, 7) is 2.30. The van der Waals surface area contributed by atoms with E-state index in [9.17, 15) is 4.79 Å². The van der Waals surface area contributed by atoms with Gasteiger partial charge in [-0.05, 0) is 44.0 Å². The minimum Gasteiger partial charge on any atom is -0.466 e. The van der Waals surface area contributed by atoms with Crippen LogP contribution in [0, 0.1) is 0 Å². The first-order chi connectivity index (χ1) is 8.31. The summed E-state index contributed by atoms with van der Waals surface area (Å²) in [6.07, 6.45) is 4.28. The maximum atomic E-state index is 11.2. The van der Waals surface area contributed by atoms with Crippen LogP contribution in [0.4, 0.5) is 0 Å². The molecule has 3 heteroatoms. The topological polar surface area (TPSA) is 30.7 Å². The van der Waals surface area contributed by atoms with Crippen molar-refractivity contribution in [2.45, 2.75) is 26.2 Å². The van der Waals surface area contributed by atoms with Crippen LogP contribution in [0.5, 0.6) is 0 Å². The predicted octanol–water partition coefficient (Wildman–Crippen LogP) is 2.83. The van der Waals surface area contributed by atoms with Gasteiger partial charge in [0.05, 0.1) is 6.61 Å². The van der Waals surface area contributed by atoms with E-state index in [1.54, 1.807) is 0 Å². The number of rotatable bonds is 5. The number of hydrogen-bond acceptors (Lipinski definition) is 2. The maximum absolute atomic E-state index is 11.2. The molecule has 2 heterocycles. The standard InChI is InChI=1S/C14H17NO2/c1-2-17-14(16)8-5-7-13-10-9-12-6-3-4-11-15(12)13/h3-4,6,9-11H,2,5,7-8H2,1H3. The van der Waals surface area contributed by atoms with Crippen molar-refractivity contribution in [1.29, 1.82) is 0 Å². The van der Waals surface area contributed by atoms with Gasteiger partial charge >= 0.3 is 5.97 Å². The second-order valence-electron chi connectivity index (χ2n) is 3.98. The van der Waals surface area contributed by atoms with Gasteiger partial charge in [0, 0.05) is 23.8 Å². The fourth-order valence-electron chi connectivity index (χ4n) is 1.97. The Bertz CT molecular complexity index is 502. The Hall–Kier alpha value is -1.77. The van der Waals surface area contributed by atoms with Gasteiger partial charge in [-0.15, -0.1) is 0 Å². The second-order valence-corrected chi connectivity index (χ2v) is 3.98. The molecule has 0 aromatic carbocycles. The average Bonchev–Trinajstić information content (AvgIpc) is 2.73. The number of fused-ring (bicyclic) bond motifs is 1. The SMILES string of the molecule is CCOC(=O)CCCc1ccc2ccccn12. The molecule has 0 aliphatic carbocycles. The highest BCUT2D eigenvalue weighted by Crippen LogP contribution is 2.12. The molecule has 0 atom stereocenters. The molecule has 0 radical (unpaired) electrons. The van der Waals surface area contributed by atoms with Gasteiger partial charge in [0.2, 0.25) is 0 Å². The number of nitrogens with zero attached hydrogens (tertiary/aromatic N) is 1. The van der Waals surface area contributed by atoms with Crippen molar-refractivity contribution in [1.82, 2.24) is 4.40 Å². The van der Waals surface area contributed by atoms with Gasteiger partial charge in [0.25, 0.3) is 0 Å². The van der Waals surface area contributed by atoms with Crippen LogP contribution in [-0.4, -0.2) is 17.0 Å². The Morgan fingerprint density at radius 2 is 2.18 bits per heavy atom. The summed E-state index contributed by atoms with van der Waals surface area (Å²) in [5.41, 5.74) is 2.43. The lowest BCUT2D eigenvalue weighted by atomic mass is 10.2. The molecule has 2 rings (SSSR count). The van der Waals surface area contributed by atoms with E-state index in [0.29, 0.717) is 13.0 Å². The molecule has 0 unspecified atom stereocenters. The van der Waals surface area contributed by atoms with Gasteiger partial charge < -0.3 is 9.14 Å². The molecule has 0 saturated carbocycles. The lowest BCUT2D eigenvalue weighted by Gasteiger charge is -2.03. The molecule has 0 fully saturated rings. The maximum Gasteiger partial charge on any atom is 0.305 e. The van der Waals surface area contributed by atoms with E-state index >= 15 is 0 Å². The van der Waals surface area contributed by atoms with Crippen LogP contribution in [0.2, 0.25) is 0 Å². The highest BCUT2D eigenvalue weighted by molar-refractivity contribution is 5.69. The molecule has 0 spiro atoms. The zero-order valence-corrected chi connectivity index (χ0v) is 10.1. The van der Waals surface area contributed by atoms with Gasteiger partial charge in [-0.3, -0.25) is 4.79 Å². The number of aromatic nitrogens is 1. The molecule has 0 aliphatic heterocycles. The summed E-state index contributed by atoms with van der Waals surface area (Å²) < 4.78 is 7.06. The first kappa shape index (κ1) is 11.7. The highest BCUT2D eigenvalue weighted by atomic mass is 16.5. The molecule has 0 saturated heterocycles. The van der Waals surface area contributed by atoms with Crippen LogP contribution in [0.15, 0.2) is 36.5 Å². The lowest BCUT2D eigenvalue weighted by Crippen LogP contribution is -2.04. The number of ether oxygens (including phenoxy) is 1. The molecule has 0 bridgehead atoms.